The molecule has 31 heavy (non-hydrogen) atoms. The second-order valence-corrected chi connectivity index (χ2v) is 8.70. The van der Waals surface area contributed by atoms with Gasteiger partial charge in [-0.2, -0.15) is 5.10 Å². The molecule has 8 heteroatoms. The lowest BCUT2D eigenvalue weighted by Crippen LogP contribution is -2.45. The normalized spacial score (nSPS) is 15.5. The monoisotopic (exact) mass is 443 g/mol. The second-order valence-electron chi connectivity index (χ2n) is 7.84. The molecule has 3 rings (SSSR count). The molecule has 1 aromatic carbocycles. The minimum atomic E-state index is -0.262. The van der Waals surface area contributed by atoms with Gasteiger partial charge in [-0.15, -0.1) is 11.3 Å². The summed E-state index contributed by atoms with van der Waals surface area (Å²) in [7, 11) is 0. The van der Waals surface area contributed by atoms with Gasteiger partial charge in [-0.3, -0.25) is 15.1 Å². The summed E-state index contributed by atoms with van der Waals surface area (Å²) in [5, 5.41) is 6.90. The molecule has 2 heterocycles. The first-order chi connectivity index (χ1) is 15.0. The molecule has 168 valence electrons. The highest BCUT2D eigenvalue weighted by molar-refractivity contribution is 7.13. The molecule has 0 aliphatic carbocycles. The van der Waals surface area contributed by atoms with Crippen molar-refractivity contribution in [3.05, 3.63) is 45.5 Å². The highest BCUT2D eigenvalue weighted by atomic mass is 32.1. The Morgan fingerprint density at radius 1 is 1.23 bits per heavy atom. The topological polar surface area (TPSA) is 70.1 Å². The highest BCUT2D eigenvalue weighted by Gasteiger charge is 2.17. The van der Waals surface area contributed by atoms with Gasteiger partial charge in [0.1, 0.15) is 0 Å². The molecule has 0 spiro atoms. The summed E-state index contributed by atoms with van der Waals surface area (Å²) < 4.78 is 4.96. The van der Waals surface area contributed by atoms with Crippen LogP contribution in [0.15, 0.2) is 22.6 Å². The number of hydrogen-bond acceptors (Lipinski definition) is 8. The van der Waals surface area contributed by atoms with E-state index in [4.69, 9.17) is 4.74 Å². The third kappa shape index (κ3) is 6.85. The molecule has 0 saturated carbocycles. The number of anilines is 1. The molecule has 1 fully saturated rings. The smallest absolute Gasteiger partial charge is 0.311 e. The Kier molecular flexibility index (Phi) is 8.57. The van der Waals surface area contributed by atoms with E-state index in [1.54, 1.807) is 6.92 Å². The van der Waals surface area contributed by atoms with E-state index >= 15 is 0 Å². The van der Waals surface area contributed by atoms with Crippen molar-refractivity contribution in [2.24, 2.45) is 5.10 Å². The average molecular weight is 444 g/mol. The van der Waals surface area contributed by atoms with Crippen LogP contribution in [0.4, 0.5) is 5.13 Å². The molecule has 1 aromatic heterocycles. The average Bonchev–Trinajstić information content (AvgIpc) is 3.19. The van der Waals surface area contributed by atoms with Gasteiger partial charge < -0.3 is 9.64 Å². The van der Waals surface area contributed by atoms with Crippen LogP contribution in [0, 0.1) is 13.8 Å². The van der Waals surface area contributed by atoms with Gasteiger partial charge in [0.05, 0.1) is 24.9 Å². The summed E-state index contributed by atoms with van der Waals surface area (Å²) in [6.07, 6.45) is 2.04. The van der Waals surface area contributed by atoms with Crippen LogP contribution in [-0.2, 0) is 22.5 Å². The largest absolute Gasteiger partial charge is 0.466 e. The third-order valence-electron chi connectivity index (χ3n) is 5.55. The maximum atomic E-state index is 11.6. The standard InChI is InChI=1S/C23H33N5O2S/c1-5-27-7-9-28(10-8-27)15-20-12-17(3)11-19(18(20)4)14-24-26-23-25-21(16-31-23)13-22(29)30-6-2/h11-12,14,16H,5-10,13,15H2,1-4H3,(H,25,26). The van der Waals surface area contributed by atoms with Crippen molar-refractivity contribution in [2.75, 3.05) is 44.8 Å². The van der Waals surface area contributed by atoms with Crippen molar-refractivity contribution < 1.29 is 9.53 Å². The number of likely N-dealkylation sites (N-methyl/N-ethyl adjacent to an activating group) is 1. The Hall–Kier alpha value is -2.29. The van der Waals surface area contributed by atoms with E-state index in [0.717, 1.165) is 44.8 Å². The van der Waals surface area contributed by atoms with Crippen LogP contribution in [-0.4, -0.2) is 66.3 Å². The Labute approximate surface area is 189 Å². The molecule has 2 aromatic rings. The Bertz CT molecular complexity index is 903. The van der Waals surface area contributed by atoms with Gasteiger partial charge in [0.2, 0.25) is 5.13 Å². The fourth-order valence-corrected chi connectivity index (χ4v) is 4.38. The van der Waals surface area contributed by atoms with E-state index in [2.05, 4.69) is 58.2 Å². The van der Waals surface area contributed by atoms with Gasteiger partial charge >= 0.3 is 5.97 Å². The number of hydrogen-bond donors (Lipinski definition) is 1. The van der Waals surface area contributed by atoms with Gasteiger partial charge in [0.15, 0.2) is 0 Å². The van der Waals surface area contributed by atoms with Gasteiger partial charge in [-0.25, -0.2) is 4.98 Å². The number of aromatic nitrogens is 1. The van der Waals surface area contributed by atoms with Crippen LogP contribution in [0.3, 0.4) is 0 Å². The minimum Gasteiger partial charge on any atom is -0.466 e. The van der Waals surface area contributed by atoms with Crippen molar-refractivity contribution in [3.8, 4) is 0 Å². The maximum absolute atomic E-state index is 11.6. The fraction of sp³-hybridized carbons (Fsp3) is 0.522. The number of aryl methyl sites for hydroxylation is 1. The zero-order valence-electron chi connectivity index (χ0n) is 19.0. The van der Waals surface area contributed by atoms with E-state index in [-0.39, 0.29) is 12.4 Å². The summed E-state index contributed by atoms with van der Waals surface area (Å²) in [6.45, 7) is 15.3. The number of piperazine rings is 1. The van der Waals surface area contributed by atoms with Crippen LogP contribution < -0.4 is 5.43 Å². The highest BCUT2D eigenvalue weighted by Crippen LogP contribution is 2.19. The van der Waals surface area contributed by atoms with Crippen LogP contribution in [0.5, 0.6) is 0 Å². The van der Waals surface area contributed by atoms with Gasteiger partial charge in [0.25, 0.3) is 0 Å². The maximum Gasteiger partial charge on any atom is 0.311 e. The molecule has 1 aliphatic rings. The first-order valence-corrected chi connectivity index (χ1v) is 11.8. The Morgan fingerprint density at radius 3 is 2.68 bits per heavy atom. The number of carbonyl (C=O) groups is 1. The lowest BCUT2D eigenvalue weighted by Gasteiger charge is -2.34. The molecule has 0 bridgehead atoms. The van der Waals surface area contributed by atoms with E-state index in [9.17, 15) is 4.79 Å². The summed E-state index contributed by atoms with van der Waals surface area (Å²) in [5.41, 5.74) is 8.64. The van der Waals surface area contributed by atoms with Crippen LogP contribution in [0.1, 0.15) is 41.8 Å². The number of thiazole rings is 1. The van der Waals surface area contributed by atoms with Crippen LogP contribution in [0.2, 0.25) is 0 Å². The lowest BCUT2D eigenvalue weighted by atomic mass is 9.99. The SMILES string of the molecule is CCOC(=O)Cc1csc(NN=Cc2cc(C)cc(CN3CCN(CC)CC3)c2C)n1. The zero-order valence-corrected chi connectivity index (χ0v) is 19.8. The predicted molar refractivity (Wildman–Crippen MR) is 127 cm³/mol. The number of ether oxygens (including phenoxy) is 1. The molecule has 7 nitrogen and oxygen atoms in total. The molecular weight excluding hydrogens is 410 g/mol. The minimum absolute atomic E-state index is 0.183. The van der Waals surface area contributed by atoms with Gasteiger partial charge in [0, 0.05) is 38.1 Å². The number of nitrogens with zero attached hydrogens (tertiary/aromatic N) is 4. The zero-order chi connectivity index (χ0) is 22.2. The number of carbonyl (C=O) groups excluding carboxylic acids is 1. The summed E-state index contributed by atoms with van der Waals surface area (Å²) in [6, 6.07) is 4.45. The predicted octanol–water partition coefficient (Wildman–Crippen LogP) is 3.45. The quantitative estimate of drug-likeness (QED) is 0.364. The number of benzene rings is 1. The molecule has 0 unspecified atom stereocenters. The Balaban J connectivity index is 1.61. The summed E-state index contributed by atoms with van der Waals surface area (Å²) in [5.74, 6) is -0.262. The molecule has 0 amide bonds. The van der Waals surface area contributed by atoms with Crippen molar-refractivity contribution >= 4 is 28.7 Å². The number of nitrogens with one attached hydrogen (secondary N) is 1. The fourth-order valence-electron chi connectivity index (χ4n) is 3.72. The molecule has 0 atom stereocenters. The van der Waals surface area contributed by atoms with Crippen molar-refractivity contribution in [3.63, 3.8) is 0 Å². The summed E-state index contributed by atoms with van der Waals surface area (Å²) >= 11 is 1.43. The van der Waals surface area contributed by atoms with E-state index in [0.29, 0.717) is 17.4 Å². The lowest BCUT2D eigenvalue weighted by molar-refractivity contribution is -0.142. The van der Waals surface area contributed by atoms with E-state index in [1.165, 1.54) is 28.0 Å². The number of rotatable bonds is 9. The van der Waals surface area contributed by atoms with Gasteiger partial charge in [-0.1, -0.05) is 24.6 Å². The molecule has 1 aliphatic heterocycles. The van der Waals surface area contributed by atoms with Crippen molar-refractivity contribution in [1.29, 1.82) is 0 Å². The molecular formula is C23H33N5O2S. The third-order valence-corrected chi connectivity index (χ3v) is 6.35. The molecule has 1 saturated heterocycles. The first kappa shape index (κ1) is 23.4. The first-order valence-electron chi connectivity index (χ1n) is 10.9. The Morgan fingerprint density at radius 2 is 1.97 bits per heavy atom. The van der Waals surface area contributed by atoms with Crippen molar-refractivity contribution in [1.82, 2.24) is 14.8 Å². The van der Waals surface area contributed by atoms with E-state index < -0.39 is 0 Å². The molecule has 0 radical (unpaired) electrons. The number of esters is 1. The number of hydrazone groups is 1. The van der Waals surface area contributed by atoms with Gasteiger partial charge in [-0.05, 0) is 44.0 Å². The van der Waals surface area contributed by atoms with Crippen LogP contribution in [0.25, 0.3) is 0 Å². The van der Waals surface area contributed by atoms with Crippen LogP contribution >= 0.6 is 11.3 Å². The van der Waals surface area contributed by atoms with E-state index in [1.807, 2.05) is 11.6 Å². The second kappa shape index (κ2) is 11.4. The van der Waals surface area contributed by atoms with Crippen molar-refractivity contribution in [2.45, 2.75) is 40.7 Å². The molecule has 1 N–H and O–H groups in total. The summed E-state index contributed by atoms with van der Waals surface area (Å²) in [4.78, 5) is 21.0.